The maximum Gasteiger partial charge on any atom is 0.328 e. The summed E-state index contributed by atoms with van der Waals surface area (Å²) in [4.78, 5) is 30.1. The van der Waals surface area contributed by atoms with E-state index in [-0.39, 0.29) is 36.5 Å². The second-order valence-electron chi connectivity index (χ2n) is 12.8. The van der Waals surface area contributed by atoms with Crippen LogP contribution in [0.1, 0.15) is 63.8 Å². The zero-order valence-corrected chi connectivity index (χ0v) is 27.5. The third-order valence-electron chi connectivity index (χ3n) is 9.43. The number of carbonyl (C=O) groups is 2. The molecule has 3 atom stereocenters. The van der Waals surface area contributed by atoms with Gasteiger partial charge in [-0.1, -0.05) is 39.0 Å². The van der Waals surface area contributed by atoms with Crippen LogP contribution in [0.2, 0.25) is 0 Å². The van der Waals surface area contributed by atoms with Crippen molar-refractivity contribution in [2.75, 3.05) is 73.1 Å². The molecule has 10 nitrogen and oxygen atoms in total. The van der Waals surface area contributed by atoms with Crippen molar-refractivity contribution in [2.45, 2.75) is 65.0 Å². The fourth-order valence-electron chi connectivity index (χ4n) is 7.35. The first-order valence-corrected chi connectivity index (χ1v) is 16.7. The first-order valence-electron chi connectivity index (χ1n) is 16.7. The third-order valence-corrected chi connectivity index (χ3v) is 9.43. The van der Waals surface area contributed by atoms with Crippen LogP contribution in [0.3, 0.4) is 0 Å². The number of aromatic nitrogens is 1. The molecule has 5 rings (SSSR count). The van der Waals surface area contributed by atoms with Crippen LogP contribution in [-0.2, 0) is 39.7 Å². The van der Waals surface area contributed by atoms with Gasteiger partial charge >= 0.3 is 5.97 Å². The quantitative estimate of drug-likeness (QED) is 0.193. The van der Waals surface area contributed by atoms with Gasteiger partial charge in [0.15, 0.2) is 0 Å². The molecule has 1 saturated heterocycles. The number of methoxy groups -OCH3 is 1. The summed E-state index contributed by atoms with van der Waals surface area (Å²) < 4.78 is 29.1. The highest BCUT2D eigenvalue weighted by Crippen LogP contribution is 2.57. The Labute approximate surface area is 267 Å². The standard InChI is InChI=1S/C35H51N3O7/c1-5-35-12-8-13-37-14-11-27-26-9-6-7-10-29(26)38(31(27)32(35)37)30(24-35)33(39)36-28(23-25(2)3)34(40)45-22-21-44-20-19-43-18-17-42-16-15-41-4/h6-7,9-10,24-25,28,32H,5,8,11-23H2,1-4H3,(H,36,39)/t28-,32+,35-/m0/s1. The molecule has 3 aliphatic rings. The molecule has 1 fully saturated rings. The zero-order chi connectivity index (χ0) is 31.8. The minimum atomic E-state index is -0.754. The second-order valence-corrected chi connectivity index (χ2v) is 12.8. The molecule has 4 heterocycles. The molecule has 0 spiro atoms. The van der Waals surface area contributed by atoms with Gasteiger partial charge in [-0.25, -0.2) is 4.79 Å². The molecule has 2 aromatic rings. The third kappa shape index (κ3) is 7.46. The van der Waals surface area contributed by atoms with Gasteiger partial charge in [0.25, 0.3) is 5.91 Å². The minimum absolute atomic E-state index is 0.109. The van der Waals surface area contributed by atoms with Gasteiger partial charge in [0.1, 0.15) is 18.3 Å². The van der Waals surface area contributed by atoms with Crippen molar-refractivity contribution in [3.63, 3.8) is 0 Å². The average Bonchev–Trinajstić information content (AvgIpc) is 3.38. The Bertz CT molecular complexity index is 1340. The second kappa shape index (κ2) is 15.7. The van der Waals surface area contributed by atoms with E-state index in [4.69, 9.17) is 23.7 Å². The predicted molar refractivity (Wildman–Crippen MR) is 173 cm³/mol. The molecule has 248 valence electrons. The van der Waals surface area contributed by atoms with Gasteiger partial charge in [-0.15, -0.1) is 0 Å². The van der Waals surface area contributed by atoms with E-state index in [1.807, 2.05) is 19.9 Å². The fraction of sp³-hybridized carbons (Fsp3) is 0.657. The molecular weight excluding hydrogens is 574 g/mol. The first-order chi connectivity index (χ1) is 21.9. The first kappa shape index (κ1) is 33.6. The largest absolute Gasteiger partial charge is 0.462 e. The number of nitrogens with zero attached hydrogens (tertiary/aromatic N) is 2. The van der Waals surface area contributed by atoms with E-state index in [0.29, 0.717) is 51.8 Å². The van der Waals surface area contributed by atoms with Crippen LogP contribution in [-0.4, -0.2) is 100 Å². The number of esters is 1. The van der Waals surface area contributed by atoms with E-state index >= 15 is 0 Å². The van der Waals surface area contributed by atoms with Gasteiger partial charge in [0.05, 0.1) is 57.8 Å². The molecule has 0 saturated carbocycles. The molecule has 0 aliphatic carbocycles. The van der Waals surface area contributed by atoms with Gasteiger partial charge in [0.2, 0.25) is 0 Å². The van der Waals surface area contributed by atoms with Crippen molar-refractivity contribution in [3.8, 4) is 0 Å². The van der Waals surface area contributed by atoms with E-state index in [9.17, 15) is 9.59 Å². The monoisotopic (exact) mass is 625 g/mol. The fourth-order valence-corrected chi connectivity index (χ4v) is 7.35. The summed E-state index contributed by atoms with van der Waals surface area (Å²) >= 11 is 0. The van der Waals surface area contributed by atoms with Crippen LogP contribution < -0.4 is 5.32 Å². The van der Waals surface area contributed by atoms with Crippen LogP contribution >= 0.6 is 0 Å². The van der Waals surface area contributed by atoms with E-state index in [2.05, 4.69) is 46.0 Å². The van der Waals surface area contributed by atoms with Crippen LogP contribution in [0.4, 0.5) is 0 Å². The number of carbonyl (C=O) groups excluding carboxylic acids is 2. The van der Waals surface area contributed by atoms with Gasteiger partial charge in [-0.2, -0.15) is 0 Å². The number of nitrogens with one attached hydrogen (secondary N) is 1. The molecule has 1 amide bonds. The SMILES string of the molecule is CC[C@@]12C=C(C(=O)N[C@@H](CC(C)C)C(=O)OCCOCCOCCOCCOC)n3c4c(c5ccccc53)CCN(CCC1)[C@H]42. The van der Waals surface area contributed by atoms with Crippen molar-refractivity contribution < 1.29 is 33.3 Å². The van der Waals surface area contributed by atoms with Crippen molar-refractivity contribution in [1.29, 1.82) is 0 Å². The van der Waals surface area contributed by atoms with E-state index in [1.54, 1.807) is 7.11 Å². The Hall–Kier alpha value is -2.76. The molecule has 0 bridgehead atoms. The topological polar surface area (TPSA) is 100 Å². The Morgan fingerprint density at radius 2 is 1.67 bits per heavy atom. The Balaban J connectivity index is 1.23. The Morgan fingerprint density at radius 1 is 0.978 bits per heavy atom. The maximum absolute atomic E-state index is 14.2. The molecule has 0 radical (unpaired) electrons. The molecule has 1 aromatic heterocycles. The number of hydrogen-bond acceptors (Lipinski definition) is 8. The Morgan fingerprint density at radius 3 is 2.36 bits per heavy atom. The number of hydrogen-bond donors (Lipinski definition) is 1. The normalized spacial score (nSPS) is 21.4. The predicted octanol–water partition coefficient (Wildman–Crippen LogP) is 4.36. The summed E-state index contributed by atoms with van der Waals surface area (Å²) in [5.41, 5.74) is 4.20. The average molecular weight is 626 g/mol. The molecule has 3 aliphatic heterocycles. The molecule has 1 N–H and O–H groups in total. The van der Waals surface area contributed by atoms with E-state index < -0.39 is 12.0 Å². The lowest BCUT2D eigenvalue weighted by Crippen LogP contribution is -2.52. The highest BCUT2D eigenvalue weighted by atomic mass is 16.6. The van der Waals surface area contributed by atoms with E-state index in [1.165, 1.54) is 16.6 Å². The molecule has 1 aromatic carbocycles. The summed E-state index contributed by atoms with van der Waals surface area (Å²) in [6, 6.07) is 7.93. The molecule has 45 heavy (non-hydrogen) atoms. The van der Waals surface area contributed by atoms with Crippen molar-refractivity contribution in [2.24, 2.45) is 11.3 Å². The summed E-state index contributed by atoms with van der Waals surface area (Å²) in [7, 11) is 1.64. The van der Waals surface area contributed by atoms with Gasteiger partial charge in [-0.05, 0) is 62.3 Å². The highest BCUT2D eigenvalue weighted by molar-refractivity contribution is 6.17. The van der Waals surface area contributed by atoms with Gasteiger partial charge in [-0.3, -0.25) is 9.69 Å². The minimum Gasteiger partial charge on any atom is -0.462 e. The number of benzene rings is 1. The maximum atomic E-state index is 14.2. The lowest BCUT2D eigenvalue weighted by Gasteiger charge is -2.53. The number of rotatable bonds is 18. The van der Waals surface area contributed by atoms with Crippen LogP contribution in [0.5, 0.6) is 0 Å². The van der Waals surface area contributed by atoms with Gasteiger partial charge in [0, 0.05) is 30.1 Å². The number of ether oxygens (including phenoxy) is 5. The van der Waals surface area contributed by atoms with E-state index in [0.717, 1.165) is 44.3 Å². The lowest BCUT2D eigenvalue weighted by atomic mass is 9.66. The van der Waals surface area contributed by atoms with Crippen molar-refractivity contribution in [3.05, 3.63) is 41.6 Å². The number of fused-ring (bicyclic) bond motifs is 3. The van der Waals surface area contributed by atoms with Crippen LogP contribution in [0.25, 0.3) is 16.6 Å². The summed E-state index contributed by atoms with van der Waals surface area (Å²) in [5, 5.41) is 4.32. The Kier molecular flexibility index (Phi) is 11.7. The summed E-state index contributed by atoms with van der Waals surface area (Å²) in [6.45, 7) is 11.7. The van der Waals surface area contributed by atoms with Crippen molar-refractivity contribution >= 4 is 28.5 Å². The van der Waals surface area contributed by atoms with Crippen LogP contribution in [0.15, 0.2) is 30.3 Å². The van der Waals surface area contributed by atoms with Crippen LogP contribution in [0, 0.1) is 11.3 Å². The molecular formula is C35H51N3O7. The number of para-hydroxylation sites is 1. The lowest BCUT2D eigenvalue weighted by molar-refractivity contribution is -0.149. The summed E-state index contributed by atoms with van der Waals surface area (Å²) in [6.07, 6.45) is 6.81. The summed E-state index contributed by atoms with van der Waals surface area (Å²) in [5.74, 6) is -0.476. The number of piperidine rings is 1. The van der Waals surface area contributed by atoms with Gasteiger partial charge < -0.3 is 33.6 Å². The highest BCUT2D eigenvalue weighted by Gasteiger charge is 2.51. The molecule has 0 unspecified atom stereocenters. The zero-order valence-electron chi connectivity index (χ0n) is 27.5. The van der Waals surface area contributed by atoms with Crippen molar-refractivity contribution in [1.82, 2.24) is 14.8 Å². The number of amides is 1. The smallest absolute Gasteiger partial charge is 0.328 e. The molecule has 10 heteroatoms.